The molecule has 0 saturated heterocycles. The first-order valence-corrected chi connectivity index (χ1v) is 8.42. The summed E-state index contributed by atoms with van der Waals surface area (Å²) in [7, 11) is 1.48. The summed E-state index contributed by atoms with van der Waals surface area (Å²) in [5, 5.41) is 0.235. The van der Waals surface area contributed by atoms with E-state index >= 15 is 0 Å². The summed E-state index contributed by atoms with van der Waals surface area (Å²) in [6.45, 7) is 0.473. The van der Waals surface area contributed by atoms with Gasteiger partial charge in [-0.05, 0) is 30.9 Å². The van der Waals surface area contributed by atoms with Gasteiger partial charge in [-0.25, -0.2) is 8.42 Å². The van der Waals surface area contributed by atoms with Crippen LogP contribution in [-0.4, -0.2) is 15.0 Å². The second kappa shape index (κ2) is 4.96. The lowest BCUT2D eigenvalue weighted by Gasteiger charge is -2.11. The number of ether oxygens (including phenoxy) is 1. The van der Waals surface area contributed by atoms with Gasteiger partial charge >= 0.3 is 0 Å². The third-order valence-electron chi connectivity index (χ3n) is 2.40. The van der Waals surface area contributed by atoms with Gasteiger partial charge in [0.15, 0.2) is 5.75 Å². The van der Waals surface area contributed by atoms with E-state index in [1.807, 2.05) is 0 Å². The Balaban J connectivity index is 2.39. The van der Waals surface area contributed by atoms with E-state index in [9.17, 15) is 8.42 Å². The molecule has 0 aromatic heterocycles. The second-order valence-corrected chi connectivity index (χ2v) is 7.76. The van der Waals surface area contributed by atoms with E-state index in [0.717, 1.165) is 12.8 Å². The van der Waals surface area contributed by atoms with Gasteiger partial charge in [-0.3, -0.25) is 0 Å². The fourth-order valence-electron chi connectivity index (χ4n) is 1.34. The van der Waals surface area contributed by atoms with Crippen molar-refractivity contribution in [1.82, 2.24) is 0 Å². The highest BCUT2D eigenvalue weighted by Crippen LogP contribution is 2.38. The largest absolute Gasteiger partial charge is 0.490 e. The average Bonchev–Trinajstić information content (AvgIpc) is 2.97. The van der Waals surface area contributed by atoms with Gasteiger partial charge < -0.3 is 4.74 Å². The van der Waals surface area contributed by atoms with Gasteiger partial charge in [-0.15, -0.1) is 0 Å². The van der Waals surface area contributed by atoms with E-state index in [0.29, 0.717) is 17.0 Å². The van der Waals surface area contributed by atoms with Crippen LogP contribution in [0.5, 0.6) is 5.75 Å². The van der Waals surface area contributed by atoms with E-state index in [1.54, 1.807) is 6.07 Å². The van der Waals surface area contributed by atoms with E-state index in [4.69, 9.17) is 27.0 Å². The van der Waals surface area contributed by atoms with Crippen molar-refractivity contribution in [3.8, 4) is 5.75 Å². The average molecular weight is 360 g/mol. The molecule has 0 atom stereocenters. The van der Waals surface area contributed by atoms with E-state index < -0.39 is 9.05 Å². The Morgan fingerprint density at radius 3 is 2.59 bits per heavy atom. The van der Waals surface area contributed by atoms with Crippen LogP contribution >= 0.6 is 38.2 Å². The van der Waals surface area contributed by atoms with Crippen LogP contribution < -0.4 is 4.74 Å². The van der Waals surface area contributed by atoms with Crippen molar-refractivity contribution in [2.45, 2.75) is 17.7 Å². The van der Waals surface area contributed by atoms with E-state index in [1.165, 1.54) is 6.07 Å². The minimum Gasteiger partial charge on any atom is -0.490 e. The summed E-state index contributed by atoms with van der Waals surface area (Å²) in [4.78, 5) is -0.0980. The third kappa shape index (κ3) is 3.50. The Bertz CT molecular complexity index is 541. The van der Waals surface area contributed by atoms with Crippen LogP contribution in [-0.2, 0) is 9.05 Å². The first kappa shape index (κ1) is 13.5. The van der Waals surface area contributed by atoms with Crippen LogP contribution in [0.2, 0.25) is 5.02 Å². The summed E-state index contributed by atoms with van der Waals surface area (Å²) in [5.74, 6) is 0.636. The van der Waals surface area contributed by atoms with Crippen LogP contribution in [0.15, 0.2) is 21.5 Å². The predicted molar refractivity (Wildman–Crippen MR) is 70.4 cm³/mol. The standard InChI is InChI=1S/C10H9BrCl2O3S/c11-7-3-8(12)10(16-5-6-1-2-6)9(4-7)17(13,14)15/h3-4,6H,1-2,5H2. The van der Waals surface area contributed by atoms with Crippen molar-refractivity contribution in [2.24, 2.45) is 5.92 Å². The Kier molecular flexibility index (Phi) is 3.92. The molecule has 7 heteroatoms. The molecule has 0 spiro atoms. The molecule has 17 heavy (non-hydrogen) atoms. The topological polar surface area (TPSA) is 43.4 Å². The van der Waals surface area contributed by atoms with Gasteiger partial charge in [0.25, 0.3) is 9.05 Å². The lowest BCUT2D eigenvalue weighted by Crippen LogP contribution is -2.04. The van der Waals surface area contributed by atoms with Crippen LogP contribution in [0, 0.1) is 5.92 Å². The molecule has 0 N–H and O–H groups in total. The third-order valence-corrected chi connectivity index (χ3v) is 4.46. The second-order valence-electron chi connectivity index (χ2n) is 3.91. The lowest BCUT2D eigenvalue weighted by atomic mass is 10.3. The highest BCUT2D eigenvalue weighted by Gasteiger charge is 2.25. The highest BCUT2D eigenvalue weighted by atomic mass is 79.9. The van der Waals surface area contributed by atoms with Gasteiger partial charge in [0.05, 0.1) is 11.6 Å². The zero-order chi connectivity index (χ0) is 12.6. The maximum atomic E-state index is 11.4. The molecule has 1 aliphatic carbocycles. The fourth-order valence-corrected chi connectivity index (χ4v) is 3.42. The molecule has 0 radical (unpaired) electrons. The summed E-state index contributed by atoms with van der Waals surface area (Å²) in [5.41, 5.74) is 0. The molecule has 0 bridgehead atoms. The summed E-state index contributed by atoms with van der Waals surface area (Å²) in [6, 6.07) is 2.96. The van der Waals surface area contributed by atoms with Gasteiger partial charge in [-0.2, -0.15) is 0 Å². The molecular formula is C10H9BrCl2O3S. The minimum absolute atomic E-state index is 0.0980. The number of halogens is 3. The lowest BCUT2D eigenvalue weighted by molar-refractivity contribution is 0.292. The predicted octanol–water partition coefficient (Wildman–Crippen LogP) is 3.82. The normalized spacial score (nSPS) is 15.9. The SMILES string of the molecule is O=S(=O)(Cl)c1cc(Br)cc(Cl)c1OCC1CC1. The Morgan fingerprint density at radius 2 is 2.06 bits per heavy atom. The fraction of sp³-hybridized carbons (Fsp3) is 0.400. The molecule has 1 saturated carbocycles. The molecule has 1 fully saturated rings. The van der Waals surface area contributed by atoms with E-state index in [2.05, 4.69) is 15.9 Å². The Morgan fingerprint density at radius 1 is 1.41 bits per heavy atom. The van der Waals surface area contributed by atoms with Crippen LogP contribution in [0.4, 0.5) is 0 Å². The first-order chi connectivity index (χ1) is 7.88. The maximum absolute atomic E-state index is 11.4. The number of benzene rings is 1. The summed E-state index contributed by atoms with van der Waals surface area (Å²) >= 11 is 9.14. The molecule has 0 amide bonds. The molecule has 1 aromatic carbocycles. The minimum atomic E-state index is -3.87. The van der Waals surface area contributed by atoms with Gasteiger partial charge in [-0.1, -0.05) is 27.5 Å². The molecule has 94 valence electrons. The molecule has 1 aromatic rings. The van der Waals surface area contributed by atoms with Crippen molar-refractivity contribution >= 4 is 47.3 Å². The molecule has 1 aliphatic rings. The van der Waals surface area contributed by atoms with Crippen molar-refractivity contribution in [3.63, 3.8) is 0 Å². The molecule has 0 heterocycles. The molecule has 3 nitrogen and oxygen atoms in total. The molecular weight excluding hydrogens is 351 g/mol. The monoisotopic (exact) mass is 358 g/mol. The van der Waals surface area contributed by atoms with Crippen molar-refractivity contribution < 1.29 is 13.2 Å². The first-order valence-electron chi connectivity index (χ1n) is 4.94. The summed E-state index contributed by atoms with van der Waals surface area (Å²) < 4.78 is 28.8. The summed E-state index contributed by atoms with van der Waals surface area (Å²) in [6.07, 6.45) is 2.22. The number of hydrogen-bond donors (Lipinski definition) is 0. The smallest absolute Gasteiger partial charge is 0.265 e. The Hall–Kier alpha value is 0.0300. The molecule has 0 unspecified atom stereocenters. The maximum Gasteiger partial charge on any atom is 0.265 e. The zero-order valence-corrected chi connectivity index (χ0v) is 12.5. The van der Waals surface area contributed by atoms with Crippen molar-refractivity contribution in [1.29, 1.82) is 0 Å². The zero-order valence-electron chi connectivity index (χ0n) is 8.62. The van der Waals surface area contributed by atoms with Crippen molar-refractivity contribution in [2.75, 3.05) is 6.61 Å². The highest BCUT2D eigenvalue weighted by molar-refractivity contribution is 9.10. The molecule has 0 aliphatic heterocycles. The quantitative estimate of drug-likeness (QED) is 0.767. The number of rotatable bonds is 4. The van der Waals surface area contributed by atoms with Crippen LogP contribution in [0.3, 0.4) is 0 Å². The van der Waals surface area contributed by atoms with Crippen LogP contribution in [0.1, 0.15) is 12.8 Å². The Labute approximate surface area is 118 Å². The number of hydrogen-bond acceptors (Lipinski definition) is 3. The van der Waals surface area contributed by atoms with Crippen molar-refractivity contribution in [3.05, 3.63) is 21.6 Å². The van der Waals surface area contributed by atoms with Gasteiger partial charge in [0, 0.05) is 15.2 Å². The van der Waals surface area contributed by atoms with Crippen LogP contribution in [0.25, 0.3) is 0 Å². The van der Waals surface area contributed by atoms with Gasteiger partial charge in [0.1, 0.15) is 4.90 Å². The van der Waals surface area contributed by atoms with Gasteiger partial charge in [0.2, 0.25) is 0 Å². The van der Waals surface area contributed by atoms with E-state index in [-0.39, 0.29) is 15.7 Å². The molecule has 2 rings (SSSR count).